The van der Waals surface area contributed by atoms with E-state index in [2.05, 4.69) is 11.9 Å². The molecular weight excluding hydrogens is 200 g/mol. The SMILES string of the molecule is CC(CCN)c1ccc(O)c2ncccc12. The van der Waals surface area contributed by atoms with Crippen LogP contribution in [0.2, 0.25) is 0 Å². The van der Waals surface area contributed by atoms with Gasteiger partial charge in [-0.25, -0.2) is 0 Å². The molecule has 0 radical (unpaired) electrons. The predicted octanol–water partition coefficient (Wildman–Crippen LogP) is 2.39. The lowest BCUT2D eigenvalue weighted by atomic mass is 9.94. The number of pyridine rings is 1. The van der Waals surface area contributed by atoms with Crippen LogP contribution in [-0.2, 0) is 0 Å². The average Bonchev–Trinajstić information content (AvgIpc) is 2.30. The van der Waals surface area contributed by atoms with E-state index in [0.29, 0.717) is 18.0 Å². The molecule has 0 bridgehead atoms. The van der Waals surface area contributed by atoms with Crippen LogP contribution in [0.15, 0.2) is 30.5 Å². The number of aromatic nitrogens is 1. The summed E-state index contributed by atoms with van der Waals surface area (Å²) in [4.78, 5) is 4.20. The number of rotatable bonds is 3. The Morgan fingerprint density at radius 3 is 2.94 bits per heavy atom. The summed E-state index contributed by atoms with van der Waals surface area (Å²) < 4.78 is 0. The topological polar surface area (TPSA) is 59.1 Å². The van der Waals surface area contributed by atoms with Gasteiger partial charge in [0.1, 0.15) is 11.3 Å². The maximum absolute atomic E-state index is 9.72. The molecule has 0 aliphatic carbocycles. The fourth-order valence-electron chi connectivity index (χ4n) is 2.02. The summed E-state index contributed by atoms with van der Waals surface area (Å²) in [6.45, 7) is 2.81. The summed E-state index contributed by atoms with van der Waals surface area (Å²) in [6.07, 6.45) is 2.63. The number of hydrogen-bond acceptors (Lipinski definition) is 3. The van der Waals surface area contributed by atoms with Gasteiger partial charge in [-0.2, -0.15) is 0 Å². The molecule has 0 aliphatic rings. The zero-order valence-electron chi connectivity index (χ0n) is 9.35. The van der Waals surface area contributed by atoms with Gasteiger partial charge in [0.2, 0.25) is 0 Å². The van der Waals surface area contributed by atoms with Crippen molar-refractivity contribution in [2.24, 2.45) is 5.73 Å². The third kappa shape index (κ3) is 1.86. The van der Waals surface area contributed by atoms with Crippen LogP contribution in [0.25, 0.3) is 10.9 Å². The van der Waals surface area contributed by atoms with Crippen molar-refractivity contribution in [2.75, 3.05) is 6.54 Å². The highest BCUT2D eigenvalue weighted by Crippen LogP contribution is 2.31. The Bertz CT molecular complexity index is 496. The molecular formula is C13H16N2O. The van der Waals surface area contributed by atoms with Crippen LogP contribution in [0, 0.1) is 0 Å². The number of benzene rings is 1. The van der Waals surface area contributed by atoms with Gasteiger partial charge >= 0.3 is 0 Å². The number of aromatic hydroxyl groups is 1. The highest BCUT2D eigenvalue weighted by molar-refractivity contribution is 5.87. The summed E-state index contributed by atoms with van der Waals surface area (Å²) in [7, 11) is 0. The molecule has 1 aromatic carbocycles. The normalized spacial score (nSPS) is 12.9. The lowest BCUT2D eigenvalue weighted by Gasteiger charge is -2.13. The molecule has 1 aromatic heterocycles. The standard InChI is InChI=1S/C13H16N2O/c1-9(6-7-14)10-4-5-12(16)13-11(10)3-2-8-15-13/h2-5,8-9,16H,6-7,14H2,1H3. The van der Waals surface area contributed by atoms with Crippen LogP contribution in [-0.4, -0.2) is 16.6 Å². The van der Waals surface area contributed by atoms with E-state index in [0.717, 1.165) is 11.8 Å². The van der Waals surface area contributed by atoms with Gasteiger partial charge in [0, 0.05) is 11.6 Å². The minimum absolute atomic E-state index is 0.235. The second-order valence-electron chi connectivity index (χ2n) is 4.05. The Morgan fingerprint density at radius 2 is 2.19 bits per heavy atom. The molecule has 1 unspecified atom stereocenters. The van der Waals surface area contributed by atoms with Crippen LogP contribution in [0.3, 0.4) is 0 Å². The van der Waals surface area contributed by atoms with E-state index in [1.165, 1.54) is 5.56 Å². The average molecular weight is 216 g/mol. The molecule has 0 aliphatic heterocycles. The second-order valence-corrected chi connectivity index (χ2v) is 4.05. The molecule has 3 heteroatoms. The molecule has 3 nitrogen and oxygen atoms in total. The first-order chi connectivity index (χ1) is 7.74. The number of nitrogens with zero attached hydrogens (tertiary/aromatic N) is 1. The smallest absolute Gasteiger partial charge is 0.141 e. The van der Waals surface area contributed by atoms with Gasteiger partial charge in [-0.3, -0.25) is 4.98 Å². The van der Waals surface area contributed by atoms with Crippen molar-refractivity contribution in [3.63, 3.8) is 0 Å². The van der Waals surface area contributed by atoms with Gasteiger partial charge in [-0.1, -0.05) is 19.1 Å². The van der Waals surface area contributed by atoms with Crippen LogP contribution in [0.1, 0.15) is 24.8 Å². The van der Waals surface area contributed by atoms with Crippen LogP contribution in [0.4, 0.5) is 0 Å². The third-order valence-electron chi connectivity index (χ3n) is 2.91. The highest BCUT2D eigenvalue weighted by Gasteiger charge is 2.11. The Labute approximate surface area is 94.9 Å². The van der Waals surface area contributed by atoms with Gasteiger partial charge in [-0.15, -0.1) is 0 Å². The first-order valence-corrected chi connectivity index (χ1v) is 5.50. The highest BCUT2D eigenvalue weighted by atomic mass is 16.3. The van der Waals surface area contributed by atoms with Crippen molar-refractivity contribution >= 4 is 10.9 Å². The molecule has 0 amide bonds. The fourth-order valence-corrected chi connectivity index (χ4v) is 2.02. The summed E-state index contributed by atoms with van der Waals surface area (Å²) in [5, 5.41) is 10.7. The Kier molecular flexibility index (Phi) is 3.06. The van der Waals surface area contributed by atoms with Crippen LogP contribution in [0.5, 0.6) is 5.75 Å². The van der Waals surface area contributed by atoms with E-state index in [4.69, 9.17) is 5.73 Å². The molecule has 0 saturated carbocycles. The molecule has 2 rings (SSSR count). The van der Waals surface area contributed by atoms with Crippen molar-refractivity contribution < 1.29 is 5.11 Å². The first-order valence-electron chi connectivity index (χ1n) is 5.50. The van der Waals surface area contributed by atoms with Gasteiger partial charge in [0.15, 0.2) is 0 Å². The van der Waals surface area contributed by atoms with Crippen molar-refractivity contribution in [3.05, 3.63) is 36.0 Å². The lowest BCUT2D eigenvalue weighted by Crippen LogP contribution is -2.05. The maximum Gasteiger partial charge on any atom is 0.141 e. The molecule has 16 heavy (non-hydrogen) atoms. The van der Waals surface area contributed by atoms with Crippen molar-refractivity contribution in [1.29, 1.82) is 0 Å². The van der Waals surface area contributed by atoms with E-state index in [9.17, 15) is 5.11 Å². The fraction of sp³-hybridized carbons (Fsp3) is 0.308. The Balaban J connectivity index is 2.58. The molecule has 84 valence electrons. The molecule has 3 N–H and O–H groups in total. The summed E-state index contributed by atoms with van der Waals surface area (Å²) in [5.74, 6) is 0.622. The van der Waals surface area contributed by atoms with Crippen molar-refractivity contribution in [1.82, 2.24) is 4.98 Å². The molecule has 1 atom stereocenters. The van der Waals surface area contributed by atoms with E-state index in [1.807, 2.05) is 18.2 Å². The minimum atomic E-state index is 0.235. The minimum Gasteiger partial charge on any atom is -0.506 e. The van der Waals surface area contributed by atoms with E-state index < -0.39 is 0 Å². The van der Waals surface area contributed by atoms with Crippen molar-refractivity contribution in [2.45, 2.75) is 19.3 Å². The summed E-state index contributed by atoms with van der Waals surface area (Å²) >= 11 is 0. The third-order valence-corrected chi connectivity index (χ3v) is 2.91. The lowest BCUT2D eigenvalue weighted by molar-refractivity contribution is 0.480. The van der Waals surface area contributed by atoms with Crippen molar-refractivity contribution in [3.8, 4) is 5.75 Å². The zero-order valence-corrected chi connectivity index (χ0v) is 9.35. The number of phenols is 1. The second kappa shape index (κ2) is 4.49. The van der Waals surface area contributed by atoms with Gasteiger partial charge in [0.05, 0.1) is 0 Å². The Morgan fingerprint density at radius 1 is 1.38 bits per heavy atom. The number of phenolic OH excluding ortho intramolecular Hbond substituents is 1. The van der Waals surface area contributed by atoms with Crippen LogP contribution < -0.4 is 5.73 Å². The predicted molar refractivity (Wildman–Crippen MR) is 65.5 cm³/mol. The zero-order chi connectivity index (χ0) is 11.5. The molecule has 1 heterocycles. The number of fused-ring (bicyclic) bond motifs is 1. The summed E-state index contributed by atoms with van der Waals surface area (Å²) in [5.41, 5.74) is 7.45. The van der Waals surface area contributed by atoms with E-state index in [1.54, 1.807) is 12.3 Å². The molecule has 0 saturated heterocycles. The first kappa shape index (κ1) is 10.9. The largest absolute Gasteiger partial charge is 0.506 e. The van der Waals surface area contributed by atoms with Crippen LogP contribution >= 0.6 is 0 Å². The van der Waals surface area contributed by atoms with Gasteiger partial charge in [0.25, 0.3) is 0 Å². The molecule has 0 spiro atoms. The Hall–Kier alpha value is -1.61. The maximum atomic E-state index is 9.72. The number of nitrogens with two attached hydrogens (primary N) is 1. The number of hydrogen-bond donors (Lipinski definition) is 2. The van der Waals surface area contributed by atoms with Gasteiger partial charge < -0.3 is 10.8 Å². The quantitative estimate of drug-likeness (QED) is 0.828. The monoisotopic (exact) mass is 216 g/mol. The summed E-state index contributed by atoms with van der Waals surface area (Å²) in [6, 6.07) is 7.54. The molecule has 2 aromatic rings. The van der Waals surface area contributed by atoms with Gasteiger partial charge in [-0.05, 0) is 36.6 Å². The van der Waals surface area contributed by atoms with E-state index >= 15 is 0 Å². The van der Waals surface area contributed by atoms with E-state index in [-0.39, 0.29) is 5.75 Å². The molecule has 0 fully saturated rings.